The Morgan fingerprint density at radius 2 is 1.94 bits per heavy atom. The summed E-state index contributed by atoms with van der Waals surface area (Å²) in [5, 5.41) is 37.8. The molecule has 4 atom stereocenters. The van der Waals surface area contributed by atoms with Crippen LogP contribution in [0.25, 0.3) is 0 Å². The van der Waals surface area contributed by atoms with E-state index in [0.717, 1.165) is 0 Å². The number of nitrogens with zero attached hydrogens (tertiary/aromatic N) is 1. The van der Waals surface area contributed by atoms with E-state index in [1.165, 1.54) is 0 Å². The third kappa shape index (κ3) is 3.13. The topological polar surface area (TPSA) is 93.4 Å². The fourth-order valence-corrected chi connectivity index (χ4v) is 1.96. The predicted molar refractivity (Wildman–Crippen MR) is 57.0 cm³/mol. The second-order valence-electron chi connectivity index (χ2n) is 3.99. The molecule has 0 aromatic heterocycles. The highest BCUT2D eigenvalue weighted by Gasteiger charge is 2.40. The summed E-state index contributed by atoms with van der Waals surface area (Å²) in [7, 11) is 0. The van der Waals surface area contributed by atoms with Crippen molar-refractivity contribution in [1.82, 2.24) is 4.90 Å². The summed E-state index contributed by atoms with van der Waals surface area (Å²) in [6, 6.07) is -0.543. The third-order valence-corrected chi connectivity index (χ3v) is 2.94. The van der Waals surface area contributed by atoms with Crippen molar-refractivity contribution in [3.05, 3.63) is 0 Å². The second-order valence-corrected chi connectivity index (χ2v) is 3.99. The summed E-state index contributed by atoms with van der Waals surface area (Å²) in [6.45, 7) is 3.45. The minimum atomic E-state index is -1.19. The minimum Gasteiger partial charge on any atom is -0.395 e. The Balaban J connectivity index is 2.53. The summed E-state index contributed by atoms with van der Waals surface area (Å²) in [5.74, 6) is 0. The van der Waals surface area contributed by atoms with E-state index >= 15 is 0 Å². The number of ether oxygens (including phenoxy) is 1. The summed E-state index contributed by atoms with van der Waals surface area (Å²) in [6.07, 6.45) is -3.31. The Morgan fingerprint density at radius 1 is 1.25 bits per heavy atom. The number of aliphatic hydroxyl groups excluding tert-OH is 4. The van der Waals surface area contributed by atoms with Crippen molar-refractivity contribution in [2.24, 2.45) is 0 Å². The zero-order chi connectivity index (χ0) is 12.1. The smallest absolute Gasteiger partial charge is 0.109 e. The van der Waals surface area contributed by atoms with E-state index in [9.17, 15) is 15.3 Å². The van der Waals surface area contributed by atoms with Gasteiger partial charge in [-0.2, -0.15) is 0 Å². The molecule has 1 fully saturated rings. The first kappa shape index (κ1) is 13.8. The number of β-amino-alcohol motifs (C(OH)–C–C–N with tert-alkyl or cyclic N) is 1. The van der Waals surface area contributed by atoms with Crippen LogP contribution in [0.5, 0.6) is 0 Å². The van der Waals surface area contributed by atoms with Gasteiger partial charge in [-0.15, -0.1) is 0 Å². The maximum absolute atomic E-state index is 9.68. The van der Waals surface area contributed by atoms with Gasteiger partial charge in [0.05, 0.1) is 25.4 Å². The first-order chi connectivity index (χ1) is 7.61. The van der Waals surface area contributed by atoms with Gasteiger partial charge >= 0.3 is 0 Å². The highest BCUT2D eigenvalue weighted by Crippen LogP contribution is 2.18. The van der Waals surface area contributed by atoms with Crippen LogP contribution in [-0.2, 0) is 4.74 Å². The normalized spacial score (nSPS) is 36.6. The van der Waals surface area contributed by atoms with Crippen LogP contribution < -0.4 is 0 Å². The van der Waals surface area contributed by atoms with E-state index in [1.54, 1.807) is 4.90 Å². The number of likely N-dealkylation sites (tertiary alicyclic amines) is 1. The molecule has 0 saturated carbocycles. The maximum Gasteiger partial charge on any atom is 0.109 e. The van der Waals surface area contributed by atoms with Gasteiger partial charge in [0.2, 0.25) is 0 Å². The monoisotopic (exact) mass is 235 g/mol. The van der Waals surface area contributed by atoms with E-state index in [0.29, 0.717) is 19.8 Å². The lowest BCUT2D eigenvalue weighted by Crippen LogP contribution is -2.62. The van der Waals surface area contributed by atoms with Crippen molar-refractivity contribution < 1.29 is 25.2 Å². The van der Waals surface area contributed by atoms with Gasteiger partial charge < -0.3 is 25.2 Å². The third-order valence-electron chi connectivity index (χ3n) is 2.94. The van der Waals surface area contributed by atoms with Gasteiger partial charge in [0.1, 0.15) is 12.2 Å². The number of rotatable bonds is 5. The summed E-state index contributed by atoms with van der Waals surface area (Å²) >= 11 is 0. The van der Waals surface area contributed by atoms with Crippen molar-refractivity contribution in [3.63, 3.8) is 0 Å². The van der Waals surface area contributed by atoms with Crippen molar-refractivity contribution in [3.8, 4) is 0 Å². The molecule has 1 saturated heterocycles. The van der Waals surface area contributed by atoms with E-state index in [2.05, 4.69) is 0 Å². The van der Waals surface area contributed by atoms with Gasteiger partial charge in [-0.05, 0) is 6.92 Å². The molecule has 0 amide bonds. The molecule has 1 aliphatic rings. The van der Waals surface area contributed by atoms with E-state index in [1.807, 2.05) is 6.92 Å². The Hall–Kier alpha value is -0.240. The van der Waals surface area contributed by atoms with Crippen LogP contribution in [0.2, 0.25) is 0 Å². The van der Waals surface area contributed by atoms with Gasteiger partial charge in [0, 0.05) is 19.7 Å². The summed E-state index contributed by atoms with van der Waals surface area (Å²) < 4.78 is 5.18. The van der Waals surface area contributed by atoms with Crippen LogP contribution in [0.15, 0.2) is 0 Å². The Kier molecular flexibility index (Phi) is 5.60. The highest BCUT2D eigenvalue weighted by molar-refractivity contribution is 4.93. The molecule has 1 aliphatic heterocycles. The molecule has 96 valence electrons. The predicted octanol–water partition coefficient (Wildman–Crippen LogP) is -2.22. The van der Waals surface area contributed by atoms with Gasteiger partial charge in [0.25, 0.3) is 0 Å². The zero-order valence-electron chi connectivity index (χ0n) is 9.49. The maximum atomic E-state index is 9.68. The molecule has 6 nitrogen and oxygen atoms in total. The van der Waals surface area contributed by atoms with E-state index in [4.69, 9.17) is 9.84 Å². The second kappa shape index (κ2) is 6.48. The van der Waals surface area contributed by atoms with Crippen LogP contribution >= 0.6 is 0 Å². The molecule has 0 radical (unpaired) electrons. The summed E-state index contributed by atoms with van der Waals surface area (Å²) in [4.78, 5) is 1.73. The average Bonchev–Trinajstić information content (AvgIpc) is 2.27. The molecule has 0 aromatic carbocycles. The molecule has 0 aromatic rings. The first-order valence-corrected chi connectivity index (χ1v) is 5.58. The van der Waals surface area contributed by atoms with Crippen molar-refractivity contribution in [2.75, 3.05) is 32.9 Å². The molecule has 4 N–H and O–H groups in total. The molecule has 6 heteroatoms. The Morgan fingerprint density at radius 3 is 2.50 bits per heavy atom. The average molecular weight is 235 g/mol. The molecule has 0 spiro atoms. The van der Waals surface area contributed by atoms with E-state index < -0.39 is 24.4 Å². The molecular weight excluding hydrogens is 214 g/mol. The Bertz CT molecular complexity index is 204. The minimum absolute atomic E-state index is 0.233. The van der Waals surface area contributed by atoms with Crippen LogP contribution in [0.1, 0.15) is 6.92 Å². The zero-order valence-corrected chi connectivity index (χ0v) is 9.49. The molecule has 1 rings (SSSR count). The van der Waals surface area contributed by atoms with Gasteiger partial charge in [-0.25, -0.2) is 0 Å². The number of piperidine rings is 1. The number of aliphatic hydroxyl groups is 4. The standard InChI is InChI=1S/C10H21NO5/c1-2-16-4-3-11-5-8(13)10(15)9(14)7(11)6-12/h7-10,12-15H,2-6H2,1H3/t7?,8?,9-,10?/m1/s1. The molecule has 0 bridgehead atoms. The lowest BCUT2D eigenvalue weighted by Gasteiger charge is -2.42. The van der Waals surface area contributed by atoms with Crippen molar-refractivity contribution in [2.45, 2.75) is 31.3 Å². The van der Waals surface area contributed by atoms with Crippen LogP contribution in [0, 0.1) is 0 Å². The highest BCUT2D eigenvalue weighted by atomic mass is 16.5. The van der Waals surface area contributed by atoms with Crippen LogP contribution in [0.3, 0.4) is 0 Å². The van der Waals surface area contributed by atoms with E-state index in [-0.39, 0.29) is 13.2 Å². The Labute approximate surface area is 95.1 Å². The fraction of sp³-hybridized carbons (Fsp3) is 1.00. The lowest BCUT2D eigenvalue weighted by molar-refractivity contribution is -0.147. The van der Waals surface area contributed by atoms with Gasteiger partial charge in [-0.3, -0.25) is 4.90 Å². The molecule has 0 aliphatic carbocycles. The largest absolute Gasteiger partial charge is 0.395 e. The van der Waals surface area contributed by atoms with Gasteiger partial charge in [0.15, 0.2) is 0 Å². The molecule has 16 heavy (non-hydrogen) atoms. The fourth-order valence-electron chi connectivity index (χ4n) is 1.96. The number of hydrogen-bond acceptors (Lipinski definition) is 6. The van der Waals surface area contributed by atoms with Gasteiger partial charge in [-0.1, -0.05) is 0 Å². The first-order valence-electron chi connectivity index (χ1n) is 5.58. The molecule has 3 unspecified atom stereocenters. The van der Waals surface area contributed by atoms with Crippen molar-refractivity contribution >= 4 is 0 Å². The molecular formula is C10H21NO5. The quantitative estimate of drug-likeness (QED) is 0.403. The SMILES string of the molecule is CCOCCN1CC(O)C(O)[C@H](O)C1CO. The lowest BCUT2D eigenvalue weighted by atomic mass is 9.94. The molecule has 1 heterocycles. The number of hydrogen-bond donors (Lipinski definition) is 4. The van der Waals surface area contributed by atoms with Crippen LogP contribution in [-0.4, -0.2) is 82.6 Å². The van der Waals surface area contributed by atoms with Crippen LogP contribution in [0.4, 0.5) is 0 Å². The van der Waals surface area contributed by atoms with Crippen molar-refractivity contribution in [1.29, 1.82) is 0 Å². The summed E-state index contributed by atoms with van der Waals surface area (Å²) in [5.41, 5.74) is 0.